The van der Waals surface area contributed by atoms with Crippen LogP contribution in [0.15, 0.2) is 24.4 Å². The zero-order valence-corrected chi connectivity index (χ0v) is 20.6. The third-order valence-electron chi connectivity index (χ3n) is 7.90. The van der Waals surface area contributed by atoms with E-state index in [0.29, 0.717) is 30.7 Å². The summed E-state index contributed by atoms with van der Waals surface area (Å²) in [5.74, 6) is 0.840. The Bertz CT molecular complexity index is 1060. The minimum Gasteiger partial charge on any atom is -0.389 e. The molecule has 2 aromatic rings. The van der Waals surface area contributed by atoms with Crippen molar-refractivity contribution in [2.45, 2.75) is 31.4 Å². The van der Waals surface area contributed by atoms with Crippen LogP contribution >= 0.6 is 11.6 Å². The molecule has 2 saturated heterocycles. The first-order valence-electron chi connectivity index (χ1n) is 12.0. The van der Waals surface area contributed by atoms with Gasteiger partial charge in [-0.2, -0.15) is 0 Å². The van der Waals surface area contributed by atoms with Gasteiger partial charge in [0.05, 0.1) is 35.6 Å². The number of benzene rings is 1. The van der Waals surface area contributed by atoms with Gasteiger partial charge in [0.2, 0.25) is 5.91 Å². The van der Waals surface area contributed by atoms with Gasteiger partial charge in [-0.1, -0.05) is 11.6 Å². The minimum absolute atomic E-state index is 0.0111. The van der Waals surface area contributed by atoms with E-state index in [-0.39, 0.29) is 23.3 Å². The normalized spacial score (nSPS) is 29.9. The Labute approximate surface area is 205 Å². The van der Waals surface area contributed by atoms with E-state index in [0.717, 1.165) is 55.5 Å². The standard InChI is InChI=1S/C25H33ClN4O4/c1-25(15-34-14-22(25)31)30-7-5-29(6-8-30)21-10-17-11-23(27-12-18(17)9-20(21)26)28-24(32)19-4-3-16(19)13-33-2/h9-12,16,19,22,31H,3-8,13-15H2,1-2H3,(H,27,28,32)/t16-,19+,22+,25-/m1/s1. The Hall–Kier alpha value is -1.97. The van der Waals surface area contributed by atoms with Crippen molar-refractivity contribution in [1.29, 1.82) is 0 Å². The van der Waals surface area contributed by atoms with Crippen LogP contribution in [0, 0.1) is 11.8 Å². The fraction of sp³-hybridized carbons (Fsp3) is 0.600. The number of nitrogens with zero attached hydrogens (tertiary/aromatic N) is 3. The molecule has 3 aliphatic rings. The highest BCUT2D eigenvalue weighted by Gasteiger charge is 2.44. The largest absolute Gasteiger partial charge is 0.389 e. The van der Waals surface area contributed by atoms with E-state index in [4.69, 9.17) is 21.1 Å². The van der Waals surface area contributed by atoms with Crippen LogP contribution in [-0.2, 0) is 14.3 Å². The molecular weight excluding hydrogens is 456 g/mol. The molecule has 1 aromatic carbocycles. The molecule has 0 unspecified atom stereocenters. The van der Waals surface area contributed by atoms with Crippen molar-refractivity contribution in [3.8, 4) is 0 Å². The Morgan fingerprint density at radius 2 is 2.06 bits per heavy atom. The molecule has 3 fully saturated rings. The van der Waals surface area contributed by atoms with Crippen LogP contribution < -0.4 is 10.2 Å². The van der Waals surface area contributed by atoms with Crippen molar-refractivity contribution < 1.29 is 19.4 Å². The van der Waals surface area contributed by atoms with Crippen molar-refractivity contribution in [2.75, 3.05) is 63.3 Å². The van der Waals surface area contributed by atoms with Gasteiger partial charge in [-0.25, -0.2) is 4.98 Å². The van der Waals surface area contributed by atoms with E-state index in [9.17, 15) is 9.90 Å². The van der Waals surface area contributed by atoms with Crippen molar-refractivity contribution in [1.82, 2.24) is 9.88 Å². The number of hydrogen-bond donors (Lipinski definition) is 2. The summed E-state index contributed by atoms with van der Waals surface area (Å²) in [6.45, 7) is 6.92. The molecular formula is C25H33ClN4O4. The molecule has 1 amide bonds. The molecule has 9 heteroatoms. The Morgan fingerprint density at radius 3 is 2.71 bits per heavy atom. The number of carbonyl (C=O) groups is 1. The molecule has 5 rings (SSSR count). The summed E-state index contributed by atoms with van der Waals surface area (Å²) in [6.07, 6.45) is 3.21. The first kappa shape index (κ1) is 23.8. The smallest absolute Gasteiger partial charge is 0.229 e. The van der Waals surface area contributed by atoms with Crippen molar-refractivity contribution >= 4 is 39.8 Å². The predicted octanol–water partition coefficient (Wildman–Crippen LogP) is 2.77. The zero-order chi connectivity index (χ0) is 23.9. The maximum atomic E-state index is 12.7. The number of aliphatic hydroxyl groups is 1. The van der Waals surface area contributed by atoms with Crippen LogP contribution in [0.5, 0.6) is 0 Å². The number of fused-ring (bicyclic) bond motifs is 1. The van der Waals surface area contributed by atoms with Crippen LogP contribution in [0.4, 0.5) is 11.5 Å². The molecule has 2 aliphatic heterocycles. The molecule has 3 heterocycles. The number of rotatable bonds is 6. The van der Waals surface area contributed by atoms with Crippen LogP contribution in [0.2, 0.25) is 5.02 Å². The number of halogens is 1. The van der Waals surface area contributed by atoms with Gasteiger partial charge in [0.1, 0.15) is 5.82 Å². The summed E-state index contributed by atoms with van der Waals surface area (Å²) in [4.78, 5) is 21.7. The van der Waals surface area contributed by atoms with E-state index in [1.54, 1.807) is 13.3 Å². The van der Waals surface area contributed by atoms with Gasteiger partial charge >= 0.3 is 0 Å². The summed E-state index contributed by atoms with van der Waals surface area (Å²) >= 11 is 6.66. The minimum atomic E-state index is -0.464. The van der Waals surface area contributed by atoms with Crippen molar-refractivity contribution in [3.63, 3.8) is 0 Å². The maximum Gasteiger partial charge on any atom is 0.229 e. The molecule has 1 saturated carbocycles. The molecule has 2 N–H and O–H groups in total. The monoisotopic (exact) mass is 488 g/mol. The number of carbonyl (C=O) groups excluding carboxylic acids is 1. The van der Waals surface area contributed by atoms with E-state index < -0.39 is 6.10 Å². The van der Waals surface area contributed by atoms with Gasteiger partial charge in [0, 0.05) is 57.4 Å². The topological polar surface area (TPSA) is 87.2 Å². The van der Waals surface area contributed by atoms with Crippen LogP contribution in [0.1, 0.15) is 19.8 Å². The number of ether oxygens (including phenoxy) is 2. The second-order valence-corrected chi connectivity index (χ2v) is 10.4. The number of hydrogen-bond acceptors (Lipinski definition) is 7. The number of nitrogens with one attached hydrogen (secondary N) is 1. The lowest BCUT2D eigenvalue weighted by Gasteiger charge is -2.45. The fourth-order valence-electron chi connectivity index (χ4n) is 5.42. The number of aliphatic hydroxyl groups excluding tert-OH is 1. The number of anilines is 2. The number of methoxy groups -OCH3 is 1. The molecule has 8 nitrogen and oxygen atoms in total. The van der Waals surface area contributed by atoms with Gasteiger partial charge < -0.3 is 24.8 Å². The maximum absolute atomic E-state index is 12.7. The third kappa shape index (κ3) is 4.38. The zero-order valence-electron chi connectivity index (χ0n) is 19.8. The number of amides is 1. The highest BCUT2D eigenvalue weighted by Crippen LogP contribution is 2.36. The van der Waals surface area contributed by atoms with Crippen molar-refractivity contribution in [3.05, 3.63) is 29.4 Å². The first-order valence-corrected chi connectivity index (χ1v) is 12.4. The van der Waals surface area contributed by atoms with Gasteiger partial charge in [0.15, 0.2) is 0 Å². The van der Waals surface area contributed by atoms with Crippen molar-refractivity contribution in [2.24, 2.45) is 11.8 Å². The molecule has 34 heavy (non-hydrogen) atoms. The Morgan fingerprint density at radius 1 is 1.26 bits per heavy atom. The predicted molar refractivity (Wildman–Crippen MR) is 132 cm³/mol. The van der Waals surface area contributed by atoms with Gasteiger partial charge in [-0.15, -0.1) is 0 Å². The van der Waals surface area contributed by atoms with E-state index in [1.165, 1.54) is 0 Å². The molecule has 4 atom stereocenters. The molecule has 184 valence electrons. The Balaban J connectivity index is 1.29. The summed E-state index contributed by atoms with van der Waals surface area (Å²) in [6, 6.07) is 5.94. The van der Waals surface area contributed by atoms with E-state index in [2.05, 4.69) is 33.1 Å². The second-order valence-electron chi connectivity index (χ2n) is 9.97. The average molecular weight is 489 g/mol. The van der Waals surface area contributed by atoms with E-state index >= 15 is 0 Å². The lowest BCUT2D eigenvalue weighted by Crippen LogP contribution is -2.60. The van der Waals surface area contributed by atoms with Gasteiger partial charge in [0.25, 0.3) is 0 Å². The second kappa shape index (κ2) is 9.59. The quantitative estimate of drug-likeness (QED) is 0.646. The number of piperazine rings is 1. The van der Waals surface area contributed by atoms with Crippen LogP contribution in [0.25, 0.3) is 10.8 Å². The van der Waals surface area contributed by atoms with Gasteiger partial charge in [-0.05, 0) is 49.3 Å². The SMILES string of the molecule is COC[C@H]1CC[C@@H]1C(=O)Nc1cc2cc(N3CCN([C@]4(C)COC[C@@H]4O)CC3)c(Cl)cc2cn1. The average Bonchev–Trinajstić information content (AvgIpc) is 3.15. The molecule has 0 spiro atoms. The lowest BCUT2D eigenvalue weighted by atomic mass is 9.73. The van der Waals surface area contributed by atoms with E-state index in [1.807, 2.05) is 12.1 Å². The molecule has 1 aromatic heterocycles. The lowest BCUT2D eigenvalue weighted by molar-refractivity contribution is -0.126. The first-order chi connectivity index (χ1) is 16.4. The summed E-state index contributed by atoms with van der Waals surface area (Å²) in [5, 5.41) is 16.0. The van der Waals surface area contributed by atoms with Crippen LogP contribution in [-0.4, -0.2) is 85.6 Å². The third-order valence-corrected chi connectivity index (χ3v) is 8.21. The highest BCUT2D eigenvalue weighted by molar-refractivity contribution is 6.34. The summed E-state index contributed by atoms with van der Waals surface area (Å²) in [7, 11) is 1.67. The molecule has 0 radical (unpaired) electrons. The number of pyridine rings is 1. The molecule has 0 bridgehead atoms. The Kier molecular flexibility index (Phi) is 6.70. The fourth-order valence-corrected chi connectivity index (χ4v) is 5.72. The summed E-state index contributed by atoms with van der Waals surface area (Å²) < 4.78 is 10.7. The van der Waals surface area contributed by atoms with Gasteiger partial charge in [-0.3, -0.25) is 9.69 Å². The number of aromatic nitrogens is 1. The molecule has 1 aliphatic carbocycles. The summed E-state index contributed by atoms with van der Waals surface area (Å²) in [5.41, 5.74) is 0.644. The highest BCUT2D eigenvalue weighted by atomic mass is 35.5. The van der Waals surface area contributed by atoms with Crippen LogP contribution in [0.3, 0.4) is 0 Å².